The highest BCUT2D eigenvalue weighted by molar-refractivity contribution is 7.92. The number of aryl methyl sites for hydroxylation is 2. The van der Waals surface area contributed by atoms with E-state index in [1.807, 2.05) is 68.4 Å². The largest absolute Gasteiger partial charge is 0.457 e. The first-order chi connectivity index (χ1) is 22.1. The summed E-state index contributed by atoms with van der Waals surface area (Å²) in [7, 11) is -4.17. The van der Waals surface area contributed by atoms with Gasteiger partial charge in [0.05, 0.1) is 10.6 Å². The second-order valence-electron chi connectivity index (χ2n) is 11.8. The Balaban J connectivity index is 1.47. The van der Waals surface area contributed by atoms with Gasteiger partial charge in [0, 0.05) is 12.6 Å². The molecule has 4 aromatic rings. The number of ether oxygens (including phenoxy) is 1. The quantitative estimate of drug-likeness (QED) is 0.185. The Hall–Kier alpha value is -4.63. The summed E-state index contributed by atoms with van der Waals surface area (Å²) in [5.41, 5.74) is 3.07. The van der Waals surface area contributed by atoms with Crippen molar-refractivity contribution >= 4 is 27.5 Å². The van der Waals surface area contributed by atoms with Gasteiger partial charge in [0.1, 0.15) is 24.1 Å². The zero-order chi connectivity index (χ0) is 32.7. The van der Waals surface area contributed by atoms with Crippen LogP contribution in [-0.4, -0.2) is 43.8 Å². The van der Waals surface area contributed by atoms with E-state index in [1.165, 1.54) is 17.0 Å². The molecule has 5 rings (SSSR count). The number of rotatable bonds is 12. The van der Waals surface area contributed by atoms with E-state index in [4.69, 9.17) is 4.74 Å². The zero-order valence-corrected chi connectivity index (χ0v) is 27.4. The second kappa shape index (κ2) is 14.6. The predicted molar refractivity (Wildman–Crippen MR) is 180 cm³/mol. The monoisotopic (exact) mass is 639 g/mol. The number of benzene rings is 4. The molecule has 4 aromatic carbocycles. The topological polar surface area (TPSA) is 96.0 Å². The molecule has 1 fully saturated rings. The Morgan fingerprint density at radius 2 is 1.43 bits per heavy atom. The lowest BCUT2D eigenvalue weighted by molar-refractivity contribution is -0.139. The number of anilines is 1. The number of nitrogens with zero attached hydrogens (tertiary/aromatic N) is 2. The van der Waals surface area contributed by atoms with Crippen LogP contribution in [0.3, 0.4) is 0 Å². The van der Waals surface area contributed by atoms with Crippen LogP contribution in [0.4, 0.5) is 5.69 Å². The molecule has 46 heavy (non-hydrogen) atoms. The van der Waals surface area contributed by atoms with Gasteiger partial charge in [-0.15, -0.1) is 0 Å². The van der Waals surface area contributed by atoms with Crippen LogP contribution in [0.5, 0.6) is 11.5 Å². The minimum atomic E-state index is -4.17. The molecular weight excluding hydrogens is 598 g/mol. The van der Waals surface area contributed by atoms with Crippen molar-refractivity contribution in [1.82, 2.24) is 10.2 Å². The van der Waals surface area contributed by atoms with Crippen LogP contribution in [-0.2, 0) is 26.2 Å². The highest BCUT2D eigenvalue weighted by Crippen LogP contribution is 2.29. The lowest BCUT2D eigenvalue weighted by atomic mass is 10.1. The number of sulfonamides is 1. The molecule has 0 saturated heterocycles. The zero-order valence-electron chi connectivity index (χ0n) is 26.6. The summed E-state index contributed by atoms with van der Waals surface area (Å²) in [5.74, 6) is 0.431. The molecule has 8 nitrogen and oxygen atoms in total. The molecular formula is C37H41N3O5S. The van der Waals surface area contributed by atoms with Gasteiger partial charge < -0.3 is 15.0 Å². The van der Waals surface area contributed by atoms with E-state index in [0.717, 1.165) is 46.7 Å². The van der Waals surface area contributed by atoms with Gasteiger partial charge in [-0.3, -0.25) is 13.9 Å². The molecule has 1 atom stereocenters. The smallest absolute Gasteiger partial charge is 0.264 e. The maximum atomic E-state index is 14.3. The third kappa shape index (κ3) is 7.95. The molecule has 0 bridgehead atoms. The average molecular weight is 640 g/mol. The molecule has 1 aliphatic rings. The van der Waals surface area contributed by atoms with E-state index in [1.54, 1.807) is 43.3 Å². The van der Waals surface area contributed by atoms with Crippen LogP contribution >= 0.6 is 0 Å². The fourth-order valence-electron chi connectivity index (χ4n) is 5.62. The van der Waals surface area contributed by atoms with Crippen molar-refractivity contribution in [1.29, 1.82) is 0 Å². The van der Waals surface area contributed by atoms with E-state index < -0.39 is 28.5 Å². The number of carbonyl (C=O) groups excluding carboxylic acids is 2. The molecule has 1 unspecified atom stereocenters. The SMILES string of the molecule is Cc1ccc(S(=O)(=O)N(CC(=O)N(Cc2ccccc2C)C(C)C(=O)NC2CCCC2)c2ccc(Oc3ccccc3)cc2)cc1. The second-order valence-corrected chi connectivity index (χ2v) is 13.7. The Morgan fingerprint density at radius 3 is 2.09 bits per heavy atom. The van der Waals surface area contributed by atoms with Gasteiger partial charge in [-0.1, -0.05) is 73.0 Å². The molecule has 0 radical (unpaired) electrons. The number of hydrogen-bond donors (Lipinski definition) is 1. The Kier molecular flexibility index (Phi) is 10.4. The van der Waals surface area contributed by atoms with Crippen LogP contribution in [0, 0.1) is 13.8 Å². The number of carbonyl (C=O) groups is 2. The van der Waals surface area contributed by atoms with Crippen molar-refractivity contribution in [2.24, 2.45) is 0 Å². The molecule has 1 saturated carbocycles. The normalized spacial score (nSPS) is 14.0. The number of para-hydroxylation sites is 1. The molecule has 1 N–H and O–H groups in total. The van der Waals surface area contributed by atoms with Crippen LogP contribution < -0.4 is 14.4 Å². The molecule has 0 heterocycles. The van der Waals surface area contributed by atoms with Gasteiger partial charge in [0.25, 0.3) is 10.0 Å². The van der Waals surface area contributed by atoms with E-state index in [0.29, 0.717) is 17.2 Å². The summed E-state index contributed by atoms with van der Waals surface area (Å²) in [5, 5.41) is 3.11. The summed E-state index contributed by atoms with van der Waals surface area (Å²) in [4.78, 5) is 29.3. The molecule has 240 valence electrons. The lowest BCUT2D eigenvalue weighted by Gasteiger charge is -2.33. The van der Waals surface area contributed by atoms with Crippen molar-refractivity contribution in [2.75, 3.05) is 10.8 Å². The Labute approximate surface area is 272 Å². The predicted octanol–water partition coefficient (Wildman–Crippen LogP) is 6.77. The van der Waals surface area contributed by atoms with Gasteiger partial charge >= 0.3 is 0 Å². The molecule has 0 aliphatic heterocycles. The number of amides is 2. The van der Waals surface area contributed by atoms with Crippen molar-refractivity contribution in [3.8, 4) is 11.5 Å². The maximum Gasteiger partial charge on any atom is 0.264 e. The van der Waals surface area contributed by atoms with Gasteiger partial charge in [0.2, 0.25) is 11.8 Å². The first-order valence-corrected chi connectivity index (χ1v) is 17.1. The average Bonchev–Trinajstić information content (AvgIpc) is 3.57. The van der Waals surface area contributed by atoms with Gasteiger partial charge in [-0.05, 0) is 93.3 Å². The lowest BCUT2D eigenvalue weighted by Crippen LogP contribution is -2.52. The van der Waals surface area contributed by atoms with Gasteiger partial charge in [-0.2, -0.15) is 0 Å². The highest BCUT2D eigenvalue weighted by Gasteiger charge is 2.33. The molecule has 1 aliphatic carbocycles. The van der Waals surface area contributed by atoms with Gasteiger partial charge in [0.15, 0.2) is 0 Å². The van der Waals surface area contributed by atoms with E-state index in [-0.39, 0.29) is 23.4 Å². The molecule has 0 aromatic heterocycles. The molecule has 0 spiro atoms. The summed E-state index contributed by atoms with van der Waals surface area (Å²) < 4.78 is 35.4. The third-order valence-corrected chi connectivity index (χ3v) is 10.3. The standard InChI is InChI=1S/C37H41N3O5S/c1-27-17-23-35(24-18-27)46(43,44)40(32-19-21-34(22-20-32)45-33-15-5-4-6-16-33)26-36(41)39(25-30-12-8-7-11-28(30)2)29(3)37(42)38-31-13-9-10-14-31/h4-8,11-12,15-24,29,31H,9-10,13-14,25-26H2,1-3H3,(H,38,42). The summed E-state index contributed by atoms with van der Waals surface area (Å²) >= 11 is 0. The maximum absolute atomic E-state index is 14.3. The van der Waals surface area contributed by atoms with E-state index in [9.17, 15) is 18.0 Å². The molecule has 2 amide bonds. The Bertz CT molecular complexity index is 1740. The summed E-state index contributed by atoms with van der Waals surface area (Å²) in [6.07, 6.45) is 3.95. The summed E-state index contributed by atoms with van der Waals surface area (Å²) in [6.45, 7) is 5.20. The van der Waals surface area contributed by atoms with Crippen LogP contribution in [0.15, 0.2) is 108 Å². The fraction of sp³-hybridized carbons (Fsp3) is 0.297. The van der Waals surface area contributed by atoms with Crippen molar-refractivity contribution in [3.63, 3.8) is 0 Å². The number of nitrogens with one attached hydrogen (secondary N) is 1. The van der Waals surface area contributed by atoms with Crippen molar-refractivity contribution < 1.29 is 22.7 Å². The van der Waals surface area contributed by atoms with Crippen LogP contribution in [0.2, 0.25) is 0 Å². The minimum Gasteiger partial charge on any atom is -0.457 e. The minimum absolute atomic E-state index is 0.0630. The molecule has 9 heteroatoms. The summed E-state index contributed by atoms with van der Waals surface area (Å²) in [6, 6.07) is 29.3. The Morgan fingerprint density at radius 1 is 0.826 bits per heavy atom. The van der Waals surface area contributed by atoms with Gasteiger partial charge in [-0.25, -0.2) is 8.42 Å². The van der Waals surface area contributed by atoms with E-state index >= 15 is 0 Å². The first kappa shape index (κ1) is 32.8. The van der Waals surface area contributed by atoms with E-state index in [2.05, 4.69) is 5.32 Å². The highest BCUT2D eigenvalue weighted by atomic mass is 32.2. The van der Waals surface area contributed by atoms with Crippen LogP contribution in [0.25, 0.3) is 0 Å². The first-order valence-electron chi connectivity index (χ1n) is 15.7. The van der Waals surface area contributed by atoms with Crippen molar-refractivity contribution in [3.05, 3.63) is 120 Å². The third-order valence-electron chi connectivity index (χ3n) is 8.46. The fourth-order valence-corrected chi connectivity index (χ4v) is 7.03. The van der Waals surface area contributed by atoms with Crippen molar-refractivity contribution in [2.45, 2.75) is 70.0 Å². The van der Waals surface area contributed by atoms with Crippen LogP contribution in [0.1, 0.15) is 49.3 Å². The number of hydrogen-bond acceptors (Lipinski definition) is 5.